The molecule has 3 atom stereocenters. The van der Waals surface area contributed by atoms with Gasteiger partial charge in [-0.1, -0.05) is 24.0 Å². The van der Waals surface area contributed by atoms with Crippen molar-refractivity contribution in [3.63, 3.8) is 0 Å². The average molecular weight is 399 g/mol. The molecule has 0 aromatic heterocycles. The minimum atomic E-state index is -0.242. The zero-order valence-corrected chi connectivity index (χ0v) is 17.6. The Morgan fingerprint density at radius 2 is 2.00 bits per heavy atom. The predicted molar refractivity (Wildman–Crippen MR) is 111 cm³/mol. The number of rotatable bonds is 4. The molecule has 1 aromatic rings. The van der Waals surface area contributed by atoms with Gasteiger partial charge >= 0.3 is 6.03 Å². The molecule has 2 saturated heterocycles. The largest absolute Gasteiger partial charge is 0.394 e. The molecule has 0 radical (unpaired) electrons. The minimum absolute atomic E-state index is 0.00221. The Morgan fingerprint density at radius 3 is 2.59 bits per heavy atom. The third-order valence-electron chi connectivity index (χ3n) is 5.38. The van der Waals surface area contributed by atoms with Crippen LogP contribution in [0.2, 0.25) is 0 Å². The Labute approximate surface area is 172 Å². The van der Waals surface area contributed by atoms with Gasteiger partial charge in [-0.05, 0) is 45.6 Å². The molecule has 2 aliphatic heterocycles. The van der Waals surface area contributed by atoms with E-state index in [9.17, 15) is 14.7 Å². The summed E-state index contributed by atoms with van der Waals surface area (Å²) in [4.78, 5) is 30.3. The van der Waals surface area contributed by atoms with Crippen molar-refractivity contribution in [3.05, 3.63) is 35.4 Å². The van der Waals surface area contributed by atoms with Crippen LogP contribution in [0.3, 0.4) is 0 Å². The Hall–Kier alpha value is -2.56. The first-order valence-electron chi connectivity index (χ1n) is 10.0. The van der Waals surface area contributed by atoms with E-state index in [0.717, 1.165) is 11.1 Å². The topological polar surface area (TPSA) is 76.1 Å². The maximum atomic E-state index is 12.6. The van der Waals surface area contributed by atoms with E-state index in [1.165, 1.54) is 0 Å². The highest BCUT2D eigenvalue weighted by Gasteiger charge is 2.54. The van der Waals surface area contributed by atoms with E-state index < -0.39 is 0 Å². The fraction of sp³-hybridized carbons (Fsp3) is 0.545. The van der Waals surface area contributed by atoms with Crippen molar-refractivity contribution < 1.29 is 14.7 Å². The third kappa shape index (κ3) is 4.55. The summed E-state index contributed by atoms with van der Waals surface area (Å²) in [6.07, 6.45) is 0. The van der Waals surface area contributed by atoms with Gasteiger partial charge < -0.3 is 20.2 Å². The quantitative estimate of drug-likeness (QED) is 0.732. The van der Waals surface area contributed by atoms with Crippen molar-refractivity contribution >= 4 is 11.9 Å². The summed E-state index contributed by atoms with van der Waals surface area (Å²) >= 11 is 0. The molecule has 7 heteroatoms. The maximum absolute atomic E-state index is 12.6. The van der Waals surface area contributed by atoms with Crippen LogP contribution in [0.4, 0.5) is 4.79 Å². The Bertz CT molecular complexity index is 810. The van der Waals surface area contributed by atoms with Gasteiger partial charge in [-0.15, -0.1) is 0 Å². The fourth-order valence-electron chi connectivity index (χ4n) is 4.08. The number of nitrogens with one attached hydrogen (secondary N) is 1. The van der Waals surface area contributed by atoms with Gasteiger partial charge in [0.15, 0.2) is 0 Å². The van der Waals surface area contributed by atoms with Gasteiger partial charge in [0, 0.05) is 24.1 Å². The predicted octanol–water partition coefficient (Wildman–Crippen LogP) is 0.689. The van der Waals surface area contributed by atoms with Crippen molar-refractivity contribution in [2.45, 2.75) is 37.9 Å². The average Bonchev–Trinajstić information content (AvgIpc) is 2.63. The number of fused-ring (bicyclic) bond motifs is 1. The number of carbonyl (C=O) groups excluding carboxylic acids is 2. The number of benzene rings is 1. The summed E-state index contributed by atoms with van der Waals surface area (Å²) in [7, 11) is 3.96. The Morgan fingerprint density at radius 1 is 1.31 bits per heavy atom. The first-order chi connectivity index (χ1) is 13.8. The molecule has 7 nitrogen and oxygen atoms in total. The van der Waals surface area contributed by atoms with Gasteiger partial charge in [-0.2, -0.15) is 0 Å². The lowest BCUT2D eigenvalue weighted by Crippen LogP contribution is -2.74. The molecule has 3 rings (SSSR count). The monoisotopic (exact) mass is 398 g/mol. The molecule has 156 valence electrons. The van der Waals surface area contributed by atoms with Crippen LogP contribution >= 0.6 is 0 Å². The molecule has 2 aliphatic rings. The van der Waals surface area contributed by atoms with Crippen LogP contribution in [0.25, 0.3) is 0 Å². The molecule has 0 aliphatic carbocycles. The van der Waals surface area contributed by atoms with Gasteiger partial charge in [0.25, 0.3) is 0 Å². The number of aliphatic hydroxyl groups is 1. The Kier molecular flexibility index (Phi) is 6.46. The molecule has 2 fully saturated rings. The maximum Gasteiger partial charge on any atom is 0.318 e. The normalized spacial score (nSPS) is 23.4. The van der Waals surface area contributed by atoms with Gasteiger partial charge in [-0.25, -0.2) is 4.79 Å². The van der Waals surface area contributed by atoms with Crippen molar-refractivity contribution in [3.8, 4) is 11.8 Å². The zero-order valence-electron chi connectivity index (χ0n) is 17.6. The second-order valence-corrected chi connectivity index (χ2v) is 8.29. The molecular weight excluding hydrogens is 368 g/mol. The van der Waals surface area contributed by atoms with Gasteiger partial charge in [-0.3, -0.25) is 9.69 Å². The number of aliphatic hydroxyl groups excluding tert-OH is 1. The number of hydrogen-bond acceptors (Lipinski definition) is 4. The van der Waals surface area contributed by atoms with Crippen molar-refractivity contribution in [1.82, 2.24) is 20.0 Å². The highest BCUT2D eigenvalue weighted by atomic mass is 16.3. The highest BCUT2D eigenvalue weighted by Crippen LogP contribution is 2.42. The molecule has 29 heavy (non-hydrogen) atoms. The molecule has 2 N–H and O–H groups in total. The van der Waals surface area contributed by atoms with Crippen LogP contribution in [0.1, 0.15) is 30.9 Å². The van der Waals surface area contributed by atoms with Gasteiger partial charge in [0.05, 0.1) is 25.2 Å². The lowest BCUT2D eigenvalue weighted by molar-refractivity contribution is -0.159. The second kappa shape index (κ2) is 8.85. The van der Waals surface area contributed by atoms with E-state index >= 15 is 0 Å². The van der Waals surface area contributed by atoms with Crippen LogP contribution in [0.15, 0.2) is 24.3 Å². The first kappa shape index (κ1) is 21.2. The van der Waals surface area contributed by atoms with E-state index in [2.05, 4.69) is 17.2 Å². The zero-order chi connectivity index (χ0) is 21.1. The smallest absolute Gasteiger partial charge is 0.318 e. The molecule has 1 aromatic carbocycles. The number of piperazine rings is 1. The minimum Gasteiger partial charge on any atom is -0.394 e. The van der Waals surface area contributed by atoms with Crippen molar-refractivity contribution in [1.29, 1.82) is 0 Å². The van der Waals surface area contributed by atoms with Crippen LogP contribution in [0.5, 0.6) is 0 Å². The van der Waals surface area contributed by atoms with E-state index in [4.69, 9.17) is 0 Å². The highest BCUT2D eigenvalue weighted by molar-refractivity contribution is 5.87. The number of urea groups is 1. The molecular formula is C22H30N4O3. The van der Waals surface area contributed by atoms with Crippen LogP contribution < -0.4 is 5.32 Å². The van der Waals surface area contributed by atoms with E-state index in [1.807, 2.05) is 57.1 Å². The van der Waals surface area contributed by atoms with Crippen LogP contribution in [0, 0.1) is 11.8 Å². The fourth-order valence-corrected chi connectivity index (χ4v) is 4.08. The summed E-state index contributed by atoms with van der Waals surface area (Å²) in [5.41, 5.74) is 1.99. The SMILES string of the molecule is CC(C)NC(=O)N1CC(=O)N2[C@H](C1)[C@@H](c1ccc(C#CCN(C)C)cc1)[C@@H]2CO. The summed E-state index contributed by atoms with van der Waals surface area (Å²) in [5, 5.41) is 12.7. The third-order valence-corrected chi connectivity index (χ3v) is 5.38. The van der Waals surface area contributed by atoms with Crippen molar-refractivity contribution in [2.75, 3.05) is 40.3 Å². The van der Waals surface area contributed by atoms with Crippen LogP contribution in [-0.4, -0.2) is 90.2 Å². The molecule has 0 unspecified atom stereocenters. The van der Waals surface area contributed by atoms with Crippen molar-refractivity contribution in [2.24, 2.45) is 0 Å². The number of nitrogens with zero attached hydrogens (tertiary/aromatic N) is 3. The van der Waals surface area contributed by atoms with E-state index in [0.29, 0.717) is 13.1 Å². The van der Waals surface area contributed by atoms with E-state index in [1.54, 1.807) is 9.80 Å². The van der Waals surface area contributed by atoms with Crippen LogP contribution in [-0.2, 0) is 4.79 Å². The number of hydrogen-bond donors (Lipinski definition) is 2. The first-order valence-corrected chi connectivity index (χ1v) is 10.0. The summed E-state index contributed by atoms with van der Waals surface area (Å²) in [6, 6.07) is 7.42. The summed E-state index contributed by atoms with van der Waals surface area (Å²) < 4.78 is 0. The summed E-state index contributed by atoms with van der Waals surface area (Å²) in [5.74, 6) is 6.15. The molecule has 0 spiro atoms. The number of amides is 3. The molecule has 0 bridgehead atoms. The summed E-state index contributed by atoms with van der Waals surface area (Å²) in [6.45, 7) is 4.92. The lowest BCUT2D eigenvalue weighted by Gasteiger charge is -2.58. The van der Waals surface area contributed by atoms with Gasteiger partial charge in [0.2, 0.25) is 5.91 Å². The second-order valence-electron chi connectivity index (χ2n) is 8.29. The lowest BCUT2D eigenvalue weighted by atomic mass is 9.73. The standard InChI is InChI=1S/C22H30N4O3/c1-15(2)23-22(29)25-12-18-21(19(14-27)26(18)20(28)13-25)17-9-7-16(8-10-17)6-5-11-24(3)4/h7-10,15,18-19,21,27H,11-14H2,1-4H3,(H,23,29)/t18-,19+,21-/m1/s1. The van der Waals surface area contributed by atoms with E-state index in [-0.39, 0.29) is 49.1 Å². The van der Waals surface area contributed by atoms with Gasteiger partial charge in [0.1, 0.15) is 6.54 Å². The number of carbonyl (C=O) groups is 2. The molecule has 2 heterocycles. The molecule has 0 saturated carbocycles. The molecule has 3 amide bonds. The Balaban J connectivity index is 1.75.